The lowest BCUT2D eigenvalue weighted by Crippen LogP contribution is -2.55. The zero-order chi connectivity index (χ0) is 15.2. The highest BCUT2D eigenvalue weighted by Gasteiger charge is 2.47. The summed E-state index contributed by atoms with van der Waals surface area (Å²) in [6.45, 7) is 0. The van der Waals surface area contributed by atoms with E-state index in [4.69, 9.17) is 11.6 Å². The third-order valence-electron chi connectivity index (χ3n) is 4.00. The maximum absolute atomic E-state index is 12.8. The van der Waals surface area contributed by atoms with Crippen molar-refractivity contribution in [3.63, 3.8) is 0 Å². The van der Waals surface area contributed by atoms with Gasteiger partial charge in [-0.15, -0.1) is 11.3 Å². The standard InChI is InChI=1S/C13H14ClNO4S2/c14-12-4-5-13(20-12)21(18,19)15-8-2-1-3-10(15)9(7-16)11(17)6-8/h4-5,7-8,10,16H,1-3,6H2/b9-7-. The molecular weight excluding hydrogens is 334 g/mol. The maximum Gasteiger partial charge on any atom is 0.253 e. The van der Waals surface area contributed by atoms with Gasteiger partial charge in [-0.3, -0.25) is 4.79 Å². The average Bonchev–Trinajstić information content (AvgIpc) is 2.86. The second-order valence-electron chi connectivity index (χ2n) is 5.21. The van der Waals surface area contributed by atoms with E-state index in [1.165, 1.54) is 10.4 Å². The number of fused-ring (bicyclic) bond motifs is 2. The van der Waals surface area contributed by atoms with Crippen molar-refractivity contribution in [2.45, 2.75) is 42.0 Å². The largest absolute Gasteiger partial charge is 0.515 e. The number of hydrogen-bond donors (Lipinski definition) is 1. The van der Waals surface area contributed by atoms with Gasteiger partial charge in [0.25, 0.3) is 10.0 Å². The second kappa shape index (κ2) is 5.39. The van der Waals surface area contributed by atoms with Crippen LogP contribution < -0.4 is 0 Å². The van der Waals surface area contributed by atoms with E-state index >= 15 is 0 Å². The zero-order valence-corrected chi connectivity index (χ0v) is 13.4. The number of ketones is 1. The topological polar surface area (TPSA) is 74.7 Å². The molecule has 2 bridgehead atoms. The van der Waals surface area contributed by atoms with Gasteiger partial charge in [0.2, 0.25) is 0 Å². The Morgan fingerprint density at radius 1 is 1.38 bits per heavy atom. The van der Waals surface area contributed by atoms with E-state index in [1.807, 2.05) is 0 Å². The Kier molecular flexibility index (Phi) is 3.85. The molecule has 3 rings (SSSR count). The Balaban J connectivity index is 2.06. The van der Waals surface area contributed by atoms with Gasteiger partial charge >= 0.3 is 0 Å². The van der Waals surface area contributed by atoms with E-state index < -0.39 is 16.1 Å². The summed E-state index contributed by atoms with van der Waals surface area (Å²) >= 11 is 6.84. The van der Waals surface area contributed by atoms with E-state index in [0.717, 1.165) is 24.0 Å². The number of hydrogen-bond acceptors (Lipinski definition) is 5. The molecule has 8 heteroatoms. The first kappa shape index (κ1) is 15.0. The van der Waals surface area contributed by atoms with Crippen molar-refractivity contribution in [3.05, 3.63) is 28.3 Å². The summed E-state index contributed by atoms with van der Waals surface area (Å²) in [7, 11) is -3.70. The van der Waals surface area contributed by atoms with Crippen molar-refractivity contribution in [1.82, 2.24) is 4.31 Å². The first-order valence-electron chi connectivity index (χ1n) is 6.61. The molecule has 3 heterocycles. The van der Waals surface area contributed by atoms with Crippen LogP contribution in [0.25, 0.3) is 0 Å². The smallest absolute Gasteiger partial charge is 0.253 e. The van der Waals surface area contributed by atoms with Crippen LogP contribution in [-0.4, -0.2) is 35.7 Å². The van der Waals surface area contributed by atoms with Crippen molar-refractivity contribution in [3.8, 4) is 0 Å². The molecule has 0 amide bonds. The monoisotopic (exact) mass is 347 g/mol. The highest BCUT2D eigenvalue weighted by Crippen LogP contribution is 2.40. The van der Waals surface area contributed by atoms with Crippen LogP contribution in [-0.2, 0) is 14.8 Å². The van der Waals surface area contributed by atoms with Gasteiger partial charge in [0.15, 0.2) is 5.78 Å². The van der Waals surface area contributed by atoms with Gasteiger partial charge in [-0.25, -0.2) is 8.42 Å². The minimum absolute atomic E-state index is 0.126. The minimum atomic E-state index is -3.70. The van der Waals surface area contributed by atoms with E-state index in [9.17, 15) is 18.3 Å². The number of Topliss-reactive ketones (excluding diaryl/α,β-unsaturated/α-hetero) is 1. The van der Waals surface area contributed by atoms with Crippen LogP contribution >= 0.6 is 22.9 Å². The molecule has 114 valence electrons. The third kappa shape index (κ3) is 2.42. The molecule has 0 spiro atoms. The lowest BCUT2D eigenvalue weighted by Gasteiger charge is -2.44. The fourth-order valence-electron chi connectivity index (χ4n) is 3.12. The van der Waals surface area contributed by atoms with Gasteiger partial charge in [-0.2, -0.15) is 4.31 Å². The van der Waals surface area contributed by atoms with Crippen LogP contribution in [0.5, 0.6) is 0 Å². The molecule has 0 radical (unpaired) electrons. The number of aliphatic hydroxyl groups excluding tert-OH is 1. The summed E-state index contributed by atoms with van der Waals surface area (Å²) in [6.07, 6.45) is 2.95. The van der Waals surface area contributed by atoms with Gasteiger partial charge in [-0.05, 0) is 31.4 Å². The van der Waals surface area contributed by atoms with Gasteiger partial charge in [0.05, 0.1) is 16.6 Å². The van der Waals surface area contributed by atoms with Crippen molar-refractivity contribution < 1.29 is 18.3 Å². The summed E-state index contributed by atoms with van der Waals surface area (Å²) in [5.74, 6) is -0.164. The number of halogens is 1. The SMILES string of the molecule is O=C1CC2CCCC(/C1=C/O)N2S(=O)(=O)c1ccc(Cl)s1. The van der Waals surface area contributed by atoms with Crippen molar-refractivity contribution in [2.75, 3.05) is 0 Å². The van der Waals surface area contributed by atoms with Crippen LogP contribution in [0, 0.1) is 0 Å². The Morgan fingerprint density at radius 2 is 2.14 bits per heavy atom. The Hall–Kier alpha value is -0.890. The summed E-state index contributed by atoms with van der Waals surface area (Å²) in [5, 5.41) is 9.31. The molecule has 1 aromatic heterocycles. The fourth-order valence-corrected chi connectivity index (χ4v) is 6.56. The molecule has 2 saturated heterocycles. The van der Waals surface area contributed by atoms with Crippen LogP contribution in [0.4, 0.5) is 0 Å². The Morgan fingerprint density at radius 3 is 2.76 bits per heavy atom. The van der Waals surface area contributed by atoms with E-state index in [1.54, 1.807) is 6.07 Å². The number of aliphatic hydroxyl groups is 1. The van der Waals surface area contributed by atoms with E-state index in [2.05, 4.69) is 0 Å². The number of rotatable bonds is 2. The number of nitrogens with zero attached hydrogens (tertiary/aromatic N) is 1. The van der Waals surface area contributed by atoms with Crippen LogP contribution in [0.3, 0.4) is 0 Å². The van der Waals surface area contributed by atoms with Gasteiger partial charge in [-0.1, -0.05) is 11.6 Å². The number of piperidine rings is 2. The quantitative estimate of drug-likeness (QED) is 0.659. The summed E-state index contributed by atoms with van der Waals surface area (Å²) in [6, 6.07) is 2.13. The first-order valence-corrected chi connectivity index (χ1v) is 9.25. The molecule has 2 unspecified atom stereocenters. The molecule has 2 fully saturated rings. The summed E-state index contributed by atoms with van der Waals surface area (Å²) in [5.41, 5.74) is 0.192. The molecule has 2 aliphatic heterocycles. The second-order valence-corrected chi connectivity index (χ2v) is 8.99. The predicted octanol–water partition coefficient (Wildman–Crippen LogP) is 2.73. The number of sulfonamides is 1. The molecule has 2 aliphatic rings. The molecule has 1 N–H and O–H groups in total. The molecule has 2 atom stereocenters. The predicted molar refractivity (Wildman–Crippen MR) is 80.1 cm³/mol. The average molecular weight is 348 g/mol. The summed E-state index contributed by atoms with van der Waals surface area (Å²) in [4.78, 5) is 12.0. The first-order chi connectivity index (χ1) is 9.95. The zero-order valence-electron chi connectivity index (χ0n) is 11.0. The fraction of sp³-hybridized carbons (Fsp3) is 0.462. The third-order valence-corrected chi connectivity index (χ3v) is 7.66. The van der Waals surface area contributed by atoms with Crippen molar-refractivity contribution in [2.24, 2.45) is 0 Å². The highest BCUT2D eigenvalue weighted by molar-refractivity contribution is 7.91. The molecule has 21 heavy (non-hydrogen) atoms. The van der Waals surface area contributed by atoms with Crippen LogP contribution in [0.15, 0.2) is 28.2 Å². The highest BCUT2D eigenvalue weighted by atomic mass is 35.5. The van der Waals surface area contributed by atoms with Gasteiger partial charge in [0, 0.05) is 18.0 Å². The van der Waals surface area contributed by atoms with Crippen LogP contribution in [0.2, 0.25) is 4.34 Å². The van der Waals surface area contributed by atoms with Crippen molar-refractivity contribution >= 4 is 38.7 Å². The van der Waals surface area contributed by atoms with E-state index in [-0.39, 0.29) is 28.0 Å². The summed E-state index contributed by atoms with van der Waals surface area (Å²) < 4.78 is 27.7. The van der Waals surface area contributed by atoms with Crippen LogP contribution in [0.1, 0.15) is 25.7 Å². The molecule has 0 aromatic carbocycles. The van der Waals surface area contributed by atoms with Crippen molar-refractivity contribution in [1.29, 1.82) is 0 Å². The lowest BCUT2D eigenvalue weighted by molar-refractivity contribution is -0.119. The van der Waals surface area contributed by atoms with Gasteiger partial charge < -0.3 is 5.11 Å². The normalized spacial score (nSPS) is 29.0. The molecule has 5 nitrogen and oxygen atoms in total. The van der Waals surface area contributed by atoms with Gasteiger partial charge in [0.1, 0.15) is 4.21 Å². The Bertz CT molecular complexity index is 710. The number of thiophene rings is 1. The molecular formula is C13H14ClNO4S2. The molecule has 0 aliphatic carbocycles. The lowest BCUT2D eigenvalue weighted by atomic mass is 9.83. The molecule has 1 aromatic rings. The number of carbonyl (C=O) groups is 1. The minimum Gasteiger partial charge on any atom is -0.515 e. The maximum atomic E-state index is 12.8. The Labute approximate surface area is 131 Å². The molecule has 0 saturated carbocycles. The number of carbonyl (C=O) groups excluding carboxylic acids is 1. The van der Waals surface area contributed by atoms with E-state index in [0.29, 0.717) is 17.2 Å².